The SMILES string of the molecule is Cc1cc2cc(OC(=O)NC(Cc3ccccc3)C(=O)N3C[C@@H](O)[C@@H](O)C3)[nH]c2s1. The van der Waals surface area contributed by atoms with Crippen LogP contribution in [-0.4, -0.2) is 63.4 Å². The maximum atomic E-state index is 13.0. The van der Waals surface area contributed by atoms with E-state index in [0.29, 0.717) is 5.88 Å². The van der Waals surface area contributed by atoms with Gasteiger partial charge in [-0.3, -0.25) is 4.79 Å². The van der Waals surface area contributed by atoms with Gasteiger partial charge in [-0.25, -0.2) is 4.79 Å². The van der Waals surface area contributed by atoms with E-state index in [1.807, 2.05) is 43.3 Å². The van der Waals surface area contributed by atoms with Crippen LogP contribution in [0.3, 0.4) is 0 Å². The van der Waals surface area contributed by atoms with Crippen molar-refractivity contribution >= 4 is 33.6 Å². The number of likely N-dealkylation sites (tertiary alicyclic amines) is 1. The number of carbonyl (C=O) groups is 2. The second-order valence-electron chi connectivity index (χ2n) is 7.43. The molecule has 3 heterocycles. The van der Waals surface area contributed by atoms with Crippen LogP contribution >= 0.6 is 11.3 Å². The zero-order chi connectivity index (χ0) is 21.3. The van der Waals surface area contributed by atoms with Crippen molar-refractivity contribution in [3.8, 4) is 5.88 Å². The molecule has 2 amide bonds. The molecular weight excluding hydrogens is 406 g/mol. The first kappa shape index (κ1) is 20.4. The molecule has 1 saturated heterocycles. The molecule has 1 fully saturated rings. The largest absolute Gasteiger partial charge is 0.414 e. The number of hydrogen-bond acceptors (Lipinski definition) is 6. The maximum absolute atomic E-state index is 13.0. The summed E-state index contributed by atoms with van der Waals surface area (Å²) in [5.41, 5.74) is 0.868. The van der Waals surface area contributed by atoms with Crippen LogP contribution in [0.15, 0.2) is 42.5 Å². The van der Waals surface area contributed by atoms with Crippen molar-refractivity contribution in [2.75, 3.05) is 13.1 Å². The summed E-state index contributed by atoms with van der Waals surface area (Å²) in [6, 6.07) is 12.1. The summed E-state index contributed by atoms with van der Waals surface area (Å²) in [5, 5.41) is 23.1. The minimum atomic E-state index is -0.992. The van der Waals surface area contributed by atoms with Crippen LogP contribution in [0.1, 0.15) is 10.4 Å². The van der Waals surface area contributed by atoms with Gasteiger partial charge < -0.3 is 30.2 Å². The number of carbonyl (C=O) groups excluding carboxylic acids is 2. The molecule has 3 aromatic rings. The third-order valence-corrected chi connectivity index (χ3v) is 6.04. The lowest BCUT2D eigenvalue weighted by atomic mass is 10.1. The summed E-state index contributed by atoms with van der Waals surface area (Å²) in [6.07, 6.45) is -2.48. The zero-order valence-electron chi connectivity index (χ0n) is 16.4. The summed E-state index contributed by atoms with van der Waals surface area (Å²) in [4.78, 5) is 32.0. The van der Waals surface area contributed by atoms with Gasteiger partial charge in [0.25, 0.3) is 0 Å². The van der Waals surface area contributed by atoms with E-state index in [4.69, 9.17) is 4.74 Å². The first-order valence-corrected chi connectivity index (χ1v) is 10.5. The quantitative estimate of drug-likeness (QED) is 0.494. The molecule has 8 nitrogen and oxygen atoms in total. The molecule has 0 bridgehead atoms. The molecule has 2 aromatic heterocycles. The van der Waals surface area contributed by atoms with Crippen molar-refractivity contribution in [2.24, 2.45) is 0 Å². The number of nitrogens with one attached hydrogen (secondary N) is 2. The molecule has 4 N–H and O–H groups in total. The van der Waals surface area contributed by atoms with Crippen molar-refractivity contribution in [3.05, 3.63) is 52.9 Å². The highest BCUT2D eigenvalue weighted by Gasteiger charge is 2.36. The summed E-state index contributed by atoms with van der Waals surface area (Å²) < 4.78 is 5.35. The number of hydrogen-bond donors (Lipinski definition) is 4. The van der Waals surface area contributed by atoms with E-state index in [1.165, 1.54) is 4.90 Å². The fourth-order valence-electron chi connectivity index (χ4n) is 3.57. The first-order chi connectivity index (χ1) is 14.4. The summed E-state index contributed by atoms with van der Waals surface area (Å²) in [7, 11) is 0. The van der Waals surface area contributed by atoms with Crippen LogP contribution in [0.5, 0.6) is 5.88 Å². The summed E-state index contributed by atoms with van der Waals surface area (Å²) >= 11 is 1.56. The number of nitrogens with zero attached hydrogens (tertiary/aromatic N) is 1. The van der Waals surface area contributed by atoms with Gasteiger partial charge in [-0.15, -0.1) is 11.3 Å². The van der Waals surface area contributed by atoms with E-state index in [2.05, 4.69) is 10.3 Å². The molecule has 30 heavy (non-hydrogen) atoms. The van der Waals surface area contributed by atoms with Crippen molar-refractivity contribution in [2.45, 2.75) is 31.6 Å². The van der Waals surface area contributed by atoms with E-state index >= 15 is 0 Å². The first-order valence-electron chi connectivity index (χ1n) is 9.65. The van der Waals surface area contributed by atoms with Gasteiger partial charge in [-0.2, -0.15) is 0 Å². The normalized spacial score (nSPS) is 19.8. The number of β-amino-alcohol motifs (C(OH)–C–C–N with tert-alkyl or cyclic N) is 2. The van der Waals surface area contributed by atoms with Crippen LogP contribution in [-0.2, 0) is 11.2 Å². The maximum Gasteiger partial charge on any atom is 0.414 e. The minimum absolute atomic E-state index is 0.0221. The zero-order valence-corrected chi connectivity index (χ0v) is 17.2. The third-order valence-electron chi connectivity index (χ3n) is 5.05. The Labute approximate surface area is 177 Å². The molecule has 0 saturated carbocycles. The number of fused-ring (bicyclic) bond motifs is 1. The highest BCUT2D eigenvalue weighted by molar-refractivity contribution is 7.18. The predicted octanol–water partition coefficient (Wildman–Crippen LogP) is 1.80. The van der Waals surface area contributed by atoms with Gasteiger partial charge in [-0.05, 0) is 18.6 Å². The van der Waals surface area contributed by atoms with Crippen molar-refractivity contribution < 1.29 is 24.5 Å². The van der Waals surface area contributed by atoms with Gasteiger partial charge in [0, 0.05) is 35.8 Å². The van der Waals surface area contributed by atoms with E-state index in [9.17, 15) is 19.8 Å². The number of ether oxygens (including phenoxy) is 1. The number of aryl methyl sites for hydroxylation is 1. The van der Waals surface area contributed by atoms with Crippen LogP contribution in [0, 0.1) is 6.92 Å². The van der Waals surface area contributed by atoms with Crippen LogP contribution in [0.2, 0.25) is 0 Å². The number of thiophene rings is 1. The molecule has 0 spiro atoms. The topological polar surface area (TPSA) is 115 Å². The number of benzene rings is 1. The van der Waals surface area contributed by atoms with Gasteiger partial charge in [-0.1, -0.05) is 30.3 Å². The average molecular weight is 429 g/mol. The van der Waals surface area contributed by atoms with Gasteiger partial charge in [0.1, 0.15) is 10.9 Å². The summed E-state index contributed by atoms with van der Waals surface area (Å²) in [5.74, 6) is -0.0822. The molecular formula is C21H23N3O5S. The number of rotatable bonds is 5. The molecule has 9 heteroatoms. The Morgan fingerprint density at radius 3 is 2.60 bits per heavy atom. The number of aromatic amines is 1. The minimum Gasteiger partial charge on any atom is -0.393 e. The fourth-order valence-corrected chi connectivity index (χ4v) is 4.47. The number of aliphatic hydroxyl groups excluding tert-OH is 2. The Hall–Kier alpha value is -2.88. The highest BCUT2D eigenvalue weighted by atomic mass is 32.1. The second kappa shape index (κ2) is 8.47. The molecule has 0 aliphatic carbocycles. The lowest BCUT2D eigenvalue weighted by Gasteiger charge is -2.24. The Kier molecular flexibility index (Phi) is 5.76. The molecule has 0 radical (unpaired) electrons. The van der Waals surface area contributed by atoms with E-state index < -0.39 is 24.3 Å². The number of amides is 2. The molecule has 1 unspecified atom stereocenters. The van der Waals surface area contributed by atoms with Crippen LogP contribution < -0.4 is 10.1 Å². The van der Waals surface area contributed by atoms with Gasteiger partial charge in [0.05, 0.1) is 12.2 Å². The van der Waals surface area contributed by atoms with Gasteiger partial charge in [0.2, 0.25) is 11.8 Å². The van der Waals surface area contributed by atoms with Crippen molar-refractivity contribution in [1.82, 2.24) is 15.2 Å². The molecule has 4 rings (SSSR count). The molecule has 1 aliphatic heterocycles. The van der Waals surface area contributed by atoms with Crippen LogP contribution in [0.25, 0.3) is 10.2 Å². The second-order valence-corrected chi connectivity index (χ2v) is 8.69. The summed E-state index contributed by atoms with van der Waals surface area (Å²) in [6.45, 7) is 2.04. The van der Waals surface area contributed by atoms with Crippen molar-refractivity contribution in [3.63, 3.8) is 0 Å². The molecule has 158 valence electrons. The standard InChI is InChI=1S/C21H23N3O5S/c1-12-7-14-9-18(23-19(14)30-12)29-21(28)22-15(8-13-5-3-2-4-6-13)20(27)24-10-16(25)17(26)11-24/h2-7,9,15-17,23,25-26H,8,10-11H2,1H3,(H,22,28)/t15?,16-,17+. The van der Waals surface area contributed by atoms with Gasteiger partial charge in [0.15, 0.2) is 0 Å². The van der Waals surface area contributed by atoms with Crippen molar-refractivity contribution in [1.29, 1.82) is 0 Å². The van der Waals surface area contributed by atoms with Crippen LogP contribution in [0.4, 0.5) is 4.79 Å². The highest BCUT2D eigenvalue weighted by Crippen LogP contribution is 2.28. The lowest BCUT2D eigenvalue weighted by molar-refractivity contribution is -0.132. The number of aromatic nitrogens is 1. The fraction of sp³-hybridized carbons (Fsp3) is 0.333. The number of aliphatic hydroxyl groups is 2. The molecule has 1 aliphatic rings. The molecule has 3 atom stereocenters. The van der Waals surface area contributed by atoms with Gasteiger partial charge >= 0.3 is 6.09 Å². The van der Waals surface area contributed by atoms with E-state index in [-0.39, 0.29) is 25.4 Å². The smallest absolute Gasteiger partial charge is 0.393 e. The van der Waals surface area contributed by atoms with E-state index in [0.717, 1.165) is 20.7 Å². The Balaban J connectivity index is 1.47. The number of H-pyrrole nitrogens is 1. The Bertz CT molecular complexity index is 1010. The monoisotopic (exact) mass is 429 g/mol. The van der Waals surface area contributed by atoms with E-state index in [1.54, 1.807) is 17.4 Å². The Morgan fingerprint density at radius 1 is 1.23 bits per heavy atom. The average Bonchev–Trinajstić information content (AvgIpc) is 3.34. The lowest BCUT2D eigenvalue weighted by Crippen LogP contribution is -2.50. The predicted molar refractivity (Wildman–Crippen MR) is 113 cm³/mol. The molecule has 1 aromatic carbocycles. The Morgan fingerprint density at radius 2 is 1.93 bits per heavy atom. The third kappa shape index (κ3) is 4.48.